The Morgan fingerprint density at radius 2 is 1.78 bits per heavy atom. The SMILES string of the molecule is C[Si](C)(C)CCOCn1nc(S(=O)(=O)Cc2ccccn2)nc1Nc1c2c(cc3c1CCC3)CCC2. The molecule has 192 valence electrons. The first-order valence-corrected chi connectivity index (χ1v) is 18.1. The molecule has 2 aliphatic carbocycles. The van der Waals surface area contributed by atoms with Crippen LogP contribution in [0, 0.1) is 0 Å². The summed E-state index contributed by atoms with van der Waals surface area (Å²) in [6.07, 6.45) is 8.10. The summed E-state index contributed by atoms with van der Waals surface area (Å²) in [5, 5.41) is 7.73. The molecule has 3 aromatic rings. The van der Waals surface area contributed by atoms with Crippen molar-refractivity contribution in [2.24, 2.45) is 0 Å². The van der Waals surface area contributed by atoms with E-state index < -0.39 is 17.9 Å². The summed E-state index contributed by atoms with van der Waals surface area (Å²) in [5.41, 5.74) is 7.04. The van der Waals surface area contributed by atoms with Gasteiger partial charge in [0.1, 0.15) is 12.5 Å². The molecule has 1 N–H and O–H groups in total. The lowest BCUT2D eigenvalue weighted by molar-refractivity contribution is 0.0792. The van der Waals surface area contributed by atoms with Crippen LogP contribution in [0.15, 0.2) is 35.6 Å². The maximum absolute atomic E-state index is 13.2. The number of aryl methyl sites for hydroxylation is 2. The molecule has 0 saturated carbocycles. The maximum atomic E-state index is 13.2. The van der Waals surface area contributed by atoms with Gasteiger partial charge in [-0.15, -0.1) is 5.10 Å². The minimum Gasteiger partial charge on any atom is -0.359 e. The normalized spacial score (nSPS) is 15.2. The molecule has 0 radical (unpaired) electrons. The second kappa shape index (κ2) is 10.1. The number of nitrogens with one attached hydrogen (secondary N) is 1. The topological polar surface area (TPSA) is 99.0 Å². The molecule has 0 unspecified atom stereocenters. The zero-order valence-corrected chi connectivity index (χ0v) is 23.2. The van der Waals surface area contributed by atoms with Gasteiger partial charge in [-0.2, -0.15) is 4.98 Å². The third-order valence-corrected chi connectivity index (χ3v) is 10.0. The third-order valence-electron chi connectivity index (χ3n) is 6.91. The van der Waals surface area contributed by atoms with Crippen molar-refractivity contribution in [2.75, 3.05) is 11.9 Å². The summed E-state index contributed by atoms with van der Waals surface area (Å²) < 4.78 is 33.9. The van der Waals surface area contributed by atoms with Crippen molar-refractivity contribution in [3.63, 3.8) is 0 Å². The van der Waals surface area contributed by atoms with Gasteiger partial charge in [-0.3, -0.25) is 4.98 Å². The lowest BCUT2D eigenvalue weighted by Crippen LogP contribution is -2.22. The van der Waals surface area contributed by atoms with E-state index in [1.807, 2.05) is 0 Å². The van der Waals surface area contributed by atoms with Gasteiger partial charge < -0.3 is 10.1 Å². The van der Waals surface area contributed by atoms with E-state index in [9.17, 15) is 8.42 Å². The molecule has 0 spiro atoms. The molecule has 0 aliphatic heterocycles. The van der Waals surface area contributed by atoms with Crippen LogP contribution in [0.3, 0.4) is 0 Å². The van der Waals surface area contributed by atoms with E-state index >= 15 is 0 Å². The monoisotopic (exact) mass is 525 g/mol. The van der Waals surface area contributed by atoms with Crippen molar-refractivity contribution in [3.05, 3.63) is 58.4 Å². The van der Waals surface area contributed by atoms with E-state index in [1.165, 1.54) is 22.3 Å². The lowest BCUT2D eigenvalue weighted by atomic mass is 9.99. The van der Waals surface area contributed by atoms with Crippen LogP contribution in [-0.4, -0.2) is 42.8 Å². The number of anilines is 2. The Labute approximate surface area is 214 Å². The van der Waals surface area contributed by atoms with Crippen LogP contribution in [-0.2, 0) is 52.7 Å². The molecule has 36 heavy (non-hydrogen) atoms. The van der Waals surface area contributed by atoms with Crippen LogP contribution in [0.4, 0.5) is 11.6 Å². The van der Waals surface area contributed by atoms with E-state index in [0.717, 1.165) is 50.3 Å². The number of benzene rings is 1. The van der Waals surface area contributed by atoms with Gasteiger partial charge in [-0.1, -0.05) is 31.8 Å². The summed E-state index contributed by atoms with van der Waals surface area (Å²) in [7, 11) is -5.03. The van der Waals surface area contributed by atoms with Crippen molar-refractivity contribution >= 4 is 29.5 Å². The second-order valence-corrected chi connectivity index (χ2v) is 18.5. The predicted molar refractivity (Wildman–Crippen MR) is 143 cm³/mol. The highest BCUT2D eigenvalue weighted by Crippen LogP contribution is 2.39. The van der Waals surface area contributed by atoms with Crippen molar-refractivity contribution in [2.45, 2.75) is 81.9 Å². The van der Waals surface area contributed by atoms with Gasteiger partial charge in [-0.05, 0) is 79.0 Å². The minimum atomic E-state index is -3.78. The Balaban J connectivity index is 1.46. The van der Waals surface area contributed by atoms with E-state index in [4.69, 9.17) is 4.74 Å². The first kappa shape index (κ1) is 25.1. The molecule has 0 bridgehead atoms. The smallest absolute Gasteiger partial charge is 0.269 e. The fraction of sp³-hybridized carbons (Fsp3) is 0.500. The van der Waals surface area contributed by atoms with E-state index in [-0.39, 0.29) is 17.6 Å². The van der Waals surface area contributed by atoms with Gasteiger partial charge in [0.05, 0.1) is 5.69 Å². The Bertz CT molecular complexity index is 1320. The van der Waals surface area contributed by atoms with Crippen LogP contribution in [0.2, 0.25) is 25.7 Å². The molecule has 2 aromatic heterocycles. The average Bonchev–Trinajstić information content (AvgIpc) is 3.56. The fourth-order valence-electron chi connectivity index (χ4n) is 4.99. The maximum Gasteiger partial charge on any atom is 0.269 e. The highest BCUT2D eigenvalue weighted by atomic mass is 32.2. The van der Waals surface area contributed by atoms with Gasteiger partial charge in [0.15, 0.2) is 0 Å². The molecule has 2 heterocycles. The number of ether oxygens (including phenoxy) is 1. The molecular weight excluding hydrogens is 490 g/mol. The van der Waals surface area contributed by atoms with E-state index in [2.05, 4.69) is 46.1 Å². The van der Waals surface area contributed by atoms with Gasteiger partial charge in [0.25, 0.3) is 5.16 Å². The molecule has 0 amide bonds. The van der Waals surface area contributed by atoms with Crippen molar-refractivity contribution in [1.29, 1.82) is 0 Å². The Morgan fingerprint density at radius 1 is 1.06 bits per heavy atom. The van der Waals surface area contributed by atoms with Crippen LogP contribution in [0.1, 0.15) is 40.8 Å². The van der Waals surface area contributed by atoms with Gasteiger partial charge in [0, 0.05) is 26.6 Å². The molecular formula is C26H35N5O3SSi. The van der Waals surface area contributed by atoms with Gasteiger partial charge in [0.2, 0.25) is 15.8 Å². The van der Waals surface area contributed by atoms with Crippen LogP contribution in [0.5, 0.6) is 0 Å². The molecule has 0 atom stereocenters. The number of nitrogens with zero attached hydrogens (tertiary/aromatic N) is 4. The first-order chi connectivity index (χ1) is 17.2. The second-order valence-electron chi connectivity index (χ2n) is 11.0. The van der Waals surface area contributed by atoms with Crippen molar-refractivity contribution in [1.82, 2.24) is 19.7 Å². The minimum absolute atomic E-state index is 0.149. The average molecular weight is 526 g/mol. The van der Waals surface area contributed by atoms with Gasteiger partial charge >= 0.3 is 0 Å². The third kappa shape index (κ3) is 5.55. The molecule has 0 fully saturated rings. The van der Waals surface area contributed by atoms with Crippen LogP contribution >= 0.6 is 0 Å². The summed E-state index contributed by atoms with van der Waals surface area (Å²) in [6, 6.07) is 8.64. The fourth-order valence-corrected chi connectivity index (χ4v) is 6.88. The highest BCUT2D eigenvalue weighted by Gasteiger charge is 2.28. The molecule has 5 rings (SSSR count). The largest absolute Gasteiger partial charge is 0.359 e. The molecule has 10 heteroatoms. The predicted octanol–water partition coefficient (Wildman–Crippen LogP) is 4.68. The number of sulfone groups is 1. The summed E-state index contributed by atoms with van der Waals surface area (Å²) in [4.78, 5) is 8.68. The summed E-state index contributed by atoms with van der Waals surface area (Å²) >= 11 is 0. The number of pyridine rings is 1. The lowest BCUT2D eigenvalue weighted by Gasteiger charge is -2.18. The van der Waals surface area contributed by atoms with Gasteiger partial charge in [-0.25, -0.2) is 13.1 Å². The van der Waals surface area contributed by atoms with E-state index in [1.54, 1.807) is 29.1 Å². The van der Waals surface area contributed by atoms with Crippen molar-refractivity contribution < 1.29 is 13.2 Å². The molecule has 0 saturated heterocycles. The molecule has 8 nitrogen and oxygen atoms in total. The quantitative estimate of drug-likeness (QED) is 0.303. The molecule has 1 aromatic carbocycles. The zero-order chi connectivity index (χ0) is 25.3. The number of aromatic nitrogens is 4. The summed E-state index contributed by atoms with van der Waals surface area (Å²) in [6.45, 7) is 7.67. The highest BCUT2D eigenvalue weighted by molar-refractivity contribution is 7.90. The summed E-state index contributed by atoms with van der Waals surface area (Å²) in [5.74, 6) is 0.168. The Morgan fingerprint density at radius 3 is 2.42 bits per heavy atom. The zero-order valence-electron chi connectivity index (χ0n) is 21.4. The number of fused-ring (bicyclic) bond motifs is 2. The Kier molecular flexibility index (Phi) is 7.02. The number of rotatable bonds is 10. The number of hydrogen-bond donors (Lipinski definition) is 1. The standard InChI is InChI=1S/C26H35N5O3SSi/c1-36(2,3)15-14-34-18-31-25(29-26(30-31)35(32,33)17-21-10-4-5-13-27-21)28-24-22-11-6-8-19(22)16-20-9-7-12-23(20)24/h4-5,10,13,16H,6-9,11-12,14-15,17-18H2,1-3H3,(H,28,29,30). The van der Waals surface area contributed by atoms with Crippen molar-refractivity contribution in [3.8, 4) is 0 Å². The number of hydrogen-bond acceptors (Lipinski definition) is 7. The Hall–Kier alpha value is -2.56. The van der Waals surface area contributed by atoms with Crippen LogP contribution < -0.4 is 5.32 Å². The van der Waals surface area contributed by atoms with Crippen LogP contribution in [0.25, 0.3) is 0 Å². The first-order valence-electron chi connectivity index (χ1n) is 12.8. The van der Waals surface area contributed by atoms with E-state index in [0.29, 0.717) is 18.2 Å². The molecule has 2 aliphatic rings.